The van der Waals surface area contributed by atoms with E-state index in [4.69, 9.17) is 9.41 Å². The molecule has 0 amide bonds. The van der Waals surface area contributed by atoms with Crippen LogP contribution in [0.5, 0.6) is 0 Å². The Hall–Kier alpha value is -2.40. The van der Waals surface area contributed by atoms with Crippen molar-refractivity contribution >= 4 is 29.9 Å². The third-order valence-electron chi connectivity index (χ3n) is 5.77. The van der Waals surface area contributed by atoms with E-state index in [-0.39, 0.29) is 24.0 Å². The molecule has 33 heavy (non-hydrogen) atoms. The van der Waals surface area contributed by atoms with Gasteiger partial charge >= 0.3 is 0 Å². The second-order valence-corrected chi connectivity index (χ2v) is 8.19. The molecule has 1 aliphatic rings. The van der Waals surface area contributed by atoms with Crippen LogP contribution in [-0.4, -0.2) is 63.2 Å². The fourth-order valence-corrected chi connectivity index (χ4v) is 4.04. The Balaban J connectivity index is 0.00000306. The molecule has 0 atom stereocenters. The van der Waals surface area contributed by atoms with Gasteiger partial charge in [0.25, 0.3) is 0 Å². The van der Waals surface area contributed by atoms with Crippen LogP contribution in [0.3, 0.4) is 0 Å². The minimum atomic E-state index is 0. The maximum absolute atomic E-state index is 5.48. The molecule has 1 N–H and O–H groups in total. The molecule has 0 radical (unpaired) electrons. The molecule has 9 heteroatoms. The average Bonchev–Trinajstić information content (AvgIpc) is 3.48. The normalized spacial score (nSPS) is 14.8. The van der Waals surface area contributed by atoms with Crippen LogP contribution in [-0.2, 0) is 26.1 Å². The lowest BCUT2D eigenvalue weighted by molar-refractivity contribution is 0.172. The molecule has 1 aromatic carbocycles. The molecule has 0 unspecified atom stereocenters. The van der Waals surface area contributed by atoms with Gasteiger partial charge in [-0.25, -0.2) is 4.99 Å². The number of rotatable bonds is 8. The van der Waals surface area contributed by atoms with E-state index in [2.05, 4.69) is 68.0 Å². The summed E-state index contributed by atoms with van der Waals surface area (Å²) in [4.78, 5) is 9.71. The lowest BCUT2D eigenvalue weighted by Crippen LogP contribution is -2.52. The number of aliphatic imine (C=N–C) groups is 1. The molecule has 3 aromatic rings. The van der Waals surface area contributed by atoms with E-state index in [0.29, 0.717) is 6.54 Å². The van der Waals surface area contributed by atoms with Crippen molar-refractivity contribution < 1.29 is 4.42 Å². The summed E-state index contributed by atoms with van der Waals surface area (Å²) in [6, 6.07) is 12.7. The Labute approximate surface area is 213 Å². The van der Waals surface area contributed by atoms with E-state index in [1.165, 1.54) is 11.1 Å². The van der Waals surface area contributed by atoms with Gasteiger partial charge in [0.1, 0.15) is 24.5 Å². The Bertz CT molecular complexity index is 994. The zero-order valence-corrected chi connectivity index (χ0v) is 21.8. The van der Waals surface area contributed by atoms with Crippen LogP contribution in [0.1, 0.15) is 29.6 Å². The van der Waals surface area contributed by atoms with E-state index in [0.717, 1.165) is 69.8 Å². The number of nitrogens with one attached hydrogen (secondary N) is 1. The number of benzene rings is 1. The molecule has 0 aliphatic carbocycles. The highest BCUT2D eigenvalue weighted by Crippen LogP contribution is 2.11. The van der Waals surface area contributed by atoms with Crippen molar-refractivity contribution in [3.63, 3.8) is 0 Å². The quantitative estimate of drug-likeness (QED) is 0.258. The molecule has 2 aromatic heterocycles. The molecule has 0 bridgehead atoms. The minimum absolute atomic E-state index is 0. The van der Waals surface area contributed by atoms with Crippen LogP contribution in [0.15, 0.2) is 58.4 Å². The molecule has 8 nitrogen and oxygen atoms in total. The zero-order chi connectivity index (χ0) is 22.2. The number of furan rings is 1. The van der Waals surface area contributed by atoms with Gasteiger partial charge in [-0.3, -0.25) is 4.90 Å². The Kier molecular flexibility index (Phi) is 9.74. The summed E-state index contributed by atoms with van der Waals surface area (Å²) in [5.41, 5.74) is 2.70. The zero-order valence-electron chi connectivity index (χ0n) is 19.5. The van der Waals surface area contributed by atoms with Crippen LogP contribution in [0.2, 0.25) is 0 Å². The summed E-state index contributed by atoms with van der Waals surface area (Å²) in [6.45, 7) is 11.3. The molecular formula is C24H34IN7O. The van der Waals surface area contributed by atoms with Gasteiger partial charge in [0, 0.05) is 52.2 Å². The largest absolute Gasteiger partial charge is 0.467 e. The number of hydrogen-bond acceptors (Lipinski definition) is 5. The van der Waals surface area contributed by atoms with Gasteiger partial charge < -0.3 is 19.2 Å². The lowest BCUT2D eigenvalue weighted by atomic mass is 10.1. The number of aromatic nitrogens is 3. The highest BCUT2D eigenvalue weighted by molar-refractivity contribution is 14.0. The highest BCUT2D eigenvalue weighted by atomic mass is 127. The van der Waals surface area contributed by atoms with E-state index < -0.39 is 0 Å². The second-order valence-electron chi connectivity index (χ2n) is 8.19. The summed E-state index contributed by atoms with van der Waals surface area (Å²) in [6.07, 6.45) is 4.37. The van der Waals surface area contributed by atoms with Crippen molar-refractivity contribution in [1.82, 2.24) is 29.9 Å². The predicted molar refractivity (Wildman–Crippen MR) is 141 cm³/mol. The molecule has 178 valence electrons. The van der Waals surface area contributed by atoms with E-state index in [9.17, 15) is 0 Å². The number of nitrogens with zero attached hydrogens (tertiary/aromatic N) is 6. The van der Waals surface area contributed by atoms with E-state index in [1.807, 2.05) is 12.1 Å². The minimum Gasteiger partial charge on any atom is -0.467 e. The van der Waals surface area contributed by atoms with Crippen LogP contribution in [0, 0.1) is 6.92 Å². The van der Waals surface area contributed by atoms with Crippen LogP contribution >= 0.6 is 24.0 Å². The maximum atomic E-state index is 5.48. The SMILES string of the molecule is CCc1nncn1CCNC(=NCc1ccco1)N1CCN(Cc2cccc(C)c2)CC1.I. The summed E-state index contributed by atoms with van der Waals surface area (Å²) < 4.78 is 7.57. The van der Waals surface area contributed by atoms with Gasteiger partial charge in [-0.1, -0.05) is 36.8 Å². The molecular weight excluding hydrogens is 529 g/mol. The molecule has 4 rings (SSSR count). The fraction of sp³-hybridized carbons (Fsp3) is 0.458. The molecule has 0 spiro atoms. The van der Waals surface area contributed by atoms with Gasteiger partial charge in [0.2, 0.25) is 0 Å². The number of halogens is 1. The third-order valence-corrected chi connectivity index (χ3v) is 5.77. The van der Waals surface area contributed by atoms with Gasteiger partial charge in [-0.05, 0) is 24.6 Å². The third kappa shape index (κ3) is 7.29. The Morgan fingerprint density at radius 1 is 1.15 bits per heavy atom. The number of guanidine groups is 1. The van der Waals surface area contributed by atoms with E-state index in [1.54, 1.807) is 12.6 Å². The molecule has 1 fully saturated rings. The van der Waals surface area contributed by atoms with Crippen LogP contribution in [0.25, 0.3) is 0 Å². The van der Waals surface area contributed by atoms with Crippen molar-refractivity contribution in [2.75, 3.05) is 32.7 Å². The van der Waals surface area contributed by atoms with Crippen molar-refractivity contribution in [1.29, 1.82) is 0 Å². The second kappa shape index (κ2) is 12.7. The van der Waals surface area contributed by atoms with E-state index >= 15 is 0 Å². The van der Waals surface area contributed by atoms with Gasteiger partial charge in [0.15, 0.2) is 5.96 Å². The topological polar surface area (TPSA) is 74.7 Å². The first-order chi connectivity index (χ1) is 15.7. The van der Waals surface area contributed by atoms with Crippen LogP contribution < -0.4 is 5.32 Å². The summed E-state index contributed by atoms with van der Waals surface area (Å²) in [5.74, 6) is 2.81. The van der Waals surface area contributed by atoms with Crippen molar-refractivity contribution in [3.05, 3.63) is 71.7 Å². The first-order valence-electron chi connectivity index (χ1n) is 11.4. The standard InChI is InChI=1S/C24H33N7O.HI/c1-3-23-28-27-19-31(23)10-9-25-24(26-17-22-8-5-15-32-22)30-13-11-29(12-14-30)18-21-7-4-6-20(2)16-21;/h4-8,15-16,19H,3,9-14,17-18H2,1-2H3,(H,25,26);1H. The smallest absolute Gasteiger partial charge is 0.194 e. The van der Waals surface area contributed by atoms with Crippen molar-refractivity contribution in [3.8, 4) is 0 Å². The van der Waals surface area contributed by atoms with Crippen LogP contribution in [0.4, 0.5) is 0 Å². The Morgan fingerprint density at radius 3 is 2.73 bits per heavy atom. The fourth-order valence-electron chi connectivity index (χ4n) is 4.04. The predicted octanol–water partition coefficient (Wildman–Crippen LogP) is 3.32. The molecule has 1 saturated heterocycles. The average molecular weight is 563 g/mol. The van der Waals surface area contributed by atoms with Gasteiger partial charge in [0.05, 0.1) is 6.26 Å². The number of aryl methyl sites for hydroxylation is 2. The number of hydrogen-bond donors (Lipinski definition) is 1. The van der Waals surface area contributed by atoms with Gasteiger partial charge in [-0.15, -0.1) is 34.2 Å². The monoisotopic (exact) mass is 563 g/mol. The molecule has 3 heterocycles. The van der Waals surface area contributed by atoms with Crippen molar-refractivity contribution in [2.45, 2.75) is 39.9 Å². The maximum Gasteiger partial charge on any atom is 0.194 e. The summed E-state index contributed by atoms with van der Waals surface area (Å²) in [7, 11) is 0. The first kappa shape index (κ1) is 25.2. The highest BCUT2D eigenvalue weighted by Gasteiger charge is 2.20. The number of piperazine rings is 1. The lowest BCUT2D eigenvalue weighted by Gasteiger charge is -2.36. The summed E-state index contributed by atoms with van der Waals surface area (Å²) >= 11 is 0. The first-order valence-corrected chi connectivity index (χ1v) is 11.4. The van der Waals surface area contributed by atoms with Crippen molar-refractivity contribution in [2.24, 2.45) is 4.99 Å². The molecule has 1 aliphatic heterocycles. The summed E-state index contributed by atoms with van der Waals surface area (Å²) in [5, 5.41) is 11.7. The Morgan fingerprint density at radius 2 is 2.00 bits per heavy atom. The molecule has 0 saturated carbocycles. The van der Waals surface area contributed by atoms with Gasteiger partial charge in [-0.2, -0.15) is 0 Å².